The van der Waals surface area contributed by atoms with Crippen LogP contribution in [0.2, 0.25) is 0 Å². The Hall–Kier alpha value is -1.85. The molecule has 1 aliphatic heterocycles. The maximum Gasteiger partial charge on any atom is 0.414 e. The van der Waals surface area contributed by atoms with Crippen molar-refractivity contribution in [2.24, 2.45) is 0 Å². The molecule has 1 saturated heterocycles. The van der Waals surface area contributed by atoms with E-state index in [2.05, 4.69) is 4.74 Å². The molecular formula is C9H8F2N2O2. The van der Waals surface area contributed by atoms with Gasteiger partial charge in [-0.15, -0.1) is 0 Å². The van der Waals surface area contributed by atoms with Crippen LogP contribution < -0.4 is 10.6 Å². The summed E-state index contributed by atoms with van der Waals surface area (Å²) < 4.78 is 30.8. The van der Waals surface area contributed by atoms with Gasteiger partial charge in [0.1, 0.15) is 18.2 Å². The zero-order valence-electron chi connectivity index (χ0n) is 7.67. The second-order valence-electron chi connectivity index (χ2n) is 3.09. The number of nitrogen functional groups attached to an aromatic ring is 1. The Morgan fingerprint density at radius 1 is 1.33 bits per heavy atom. The summed E-state index contributed by atoms with van der Waals surface area (Å²) in [7, 11) is 0. The highest BCUT2D eigenvalue weighted by Gasteiger charge is 2.26. The average Bonchev–Trinajstić information content (AvgIpc) is 2.58. The Balaban J connectivity index is 2.43. The second-order valence-corrected chi connectivity index (χ2v) is 3.09. The molecule has 0 unspecified atom stereocenters. The SMILES string of the molecule is Nc1cc(N2CCOC2=O)c(F)cc1F. The number of carbonyl (C=O) groups is 1. The molecule has 1 amide bonds. The number of amides is 1. The molecule has 0 radical (unpaired) electrons. The lowest BCUT2D eigenvalue weighted by Gasteiger charge is -2.14. The summed E-state index contributed by atoms with van der Waals surface area (Å²) in [6, 6.07) is 1.73. The van der Waals surface area contributed by atoms with Crippen LogP contribution in [0.3, 0.4) is 0 Å². The third kappa shape index (κ3) is 1.58. The van der Waals surface area contributed by atoms with Gasteiger partial charge in [-0.1, -0.05) is 0 Å². The van der Waals surface area contributed by atoms with Gasteiger partial charge in [0, 0.05) is 6.07 Å². The van der Waals surface area contributed by atoms with Gasteiger partial charge in [0.25, 0.3) is 0 Å². The number of benzene rings is 1. The molecule has 15 heavy (non-hydrogen) atoms. The van der Waals surface area contributed by atoms with Gasteiger partial charge in [0.15, 0.2) is 0 Å². The first-order chi connectivity index (χ1) is 7.09. The number of anilines is 2. The summed E-state index contributed by atoms with van der Waals surface area (Å²) in [4.78, 5) is 12.2. The zero-order valence-corrected chi connectivity index (χ0v) is 7.67. The van der Waals surface area contributed by atoms with E-state index in [9.17, 15) is 13.6 Å². The van der Waals surface area contributed by atoms with Gasteiger partial charge in [-0.25, -0.2) is 13.6 Å². The van der Waals surface area contributed by atoms with E-state index >= 15 is 0 Å². The topological polar surface area (TPSA) is 55.6 Å². The Kier molecular flexibility index (Phi) is 2.18. The largest absolute Gasteiger partial charge is 0.447 e. The molecule has 4 nitrogen and oxygen atoms in total. The minimum Gasteiger partial charge on any atom is -0.447 e. The van der Waals surface area contributed by atoms with Crippen molar-refractivity contribution >= 4 is 17.5 Å². The Morgan fingerprint density at radius 2 is 2.07 bits per heavy atom. The predicted octanol–water partition coefficient (Wildman–Crippen LogP) is 1.50. The average molecular weight is 214 g/mol. The van der Waals surface area contributed by atoms with Crippen LogP contribution in [0.15, 0.2) is 12.1 Å². The molecule has 1 heterocycles. The van der Waals surface area contributed by atoms with Gasteiger partial charge in [0.05, 0.1) is 17.9 Å². The van der Waals surface area contributed by atoms with Crippen LogP contribution >= 0.6 is 0 Å². The van der Waals surface area contributed by atoms with E-state index in [0.29, 0.717) is 6.07 Å². The van der Waals surface area contributed by atoms with Crippen LogP contribution in [-0.2, 0) is 4.74 Å². The molecule has 6 heteroatoms. The third-order valence-corrected chi connectivity index (χ3v) is 2.12. The molecule has 0 aromatic heterocycles. The van der Waals surface area contributed by atoms with Crippen LogP contribution in [0.25, 0.3) is 0 Å². The van der Waals surface area contributed by atoms with Gasteiger partial charge in [0.2, 0.25) is 0 Å². The van der Waals surface area contributed by atoms with Crippen LogP contribution in [0.1, 0.15) is 0 Å². The molecule has 0 bridgehead atoms. The fourth-order valence-electron chi connectivity index (χ4n) is 1.37. The molecule has 0 spiro atoms. The van der Waals surface area contributed by atoms with E-state index in [1.165, 1.54) is 0 Å². The lowest BCUT2D eigenvalue weighted by atomic mass is 10.2. The maximum absolute atomic E-state index is 13.3. The molecule has 1 aromatic rings. The number of nitrogens with two attached hydrogens (primary N) is 1. The summed E-state index contributed by atoms with van der Waals surface area (Å²) in [6.07, 6.45) is -0.653. The van der Waals surface area contributed by atoms with Crippen molar-refractivity contribution in [3.05, 3.63) is 23.8 Å². The number of cyclic esters (lactones) is 1. The van der Waals surface area contributed by atoms with Crippen molar-refractivity contribution in [2.75, 3.05) is 23.8 Å². The number of ether oxygens (including phenoxy) is 1. The highest BCUT2D eigenvalue weighted by molar-refractivity contribution is 5.90. The molecule has 1 aromatic carbocycles. The molecule has 0 saturated carbocycles. The Morgan fingerprint density at radius 3 is 2.67 bits per heavy atom. The Labute approximate surface area is 84.2 Å². The van der Waals surface area contributed by atoms with E-state index in [0.717, 1.165) is 11.0 Å². The van der Waals surface area contributed by atoms with Crippen molar-refractivity contribution in [2.45, 2.75) is 0 Å². The minimum atomic E-state index is -0.844. The molecule has 0 atom stereocenters. The molecular weight excluding hydrogens is 206 g/mol. The second kappa shape index (κ2) is 3.38. The highest BCUT2D eigenvalue weighted by Crippen LogP contribution is 2.26. The molecule has 1 fully saturated rings. The van der Waals surface area contributed by atoms with Crippen LogP contribution in [0.4, 0.5) is 25.0 Å². The summed E-state index contributed by atoms with van der Waals surface area (Å²) in [5.74, 6) is -1.68. The van der Waals surface area contributed by atoms with Crippen molar-refractivity contribution in [3.63, 3.8) is 0 Å². The number of hydrogen-bond donors (Lipinski definition) is 1. The molecule has 2 rings (SSSR count). The number of halogens is 2. The minimum absolute atomic E-state index is 0.0589. The van der Waals surface area contributed by atoms with Crippen molar-refractivity contribution in [1.82, 2.24) is 0 Å². The summed E-state index contributed by atoms with van der Waals surface area (Å²) in [6.45, 7) is 0.427. The van der Waals surface area contributed by atoms with E-state index in [1.807, 2.05) is 0 Å². The molecule has 1 aliphatic rings. The fourth-order valence-corrected chi connectivity index (χ4v) is 1.37. The van der Waals surface area contributed by atoms with Crippen molar-refractivity contribution < 1.29 is 18.3 Å². The van der Waals surface area contributed by atoms with Gasteiger partial charge in [-0.3, -0.25) is 4.90 Å². The predicted molar refractivity (Wildman–Crippen MR) is 49.5 cm³/mol. The first-order valence-electron chi connectivity index (χ1n) is 4.28. The smallest absolute Gasteiger partial charge is 0.414 e. The fraction of sp³-hybridized carbons (Fsp3) is 0.222. The first-order valence-corrected chi connectivity index (χ1v) is 4.28. The zero-order chi connectivity index (χ0) is 11.0. The third-order valence-electron chi connectivity index (χ3n) is 2.12. The van der Waals surface area contributed by atoms with Crippen LogP contribution in [0.5, 0.6) is 0 Å². The Bertz CT molecular complexity index is 423. The monoisotopic (exact) mass is 214 g/mol. The van der Waals surface area contributed by atoms with Gasteiger partial charge in [-0.05, 0) is 6.07 Å². The number of nitrogens with zero attached hydrogens (tertiary/aromatic N) is 1. The van der Waals surface area contributed by atoms with Gasteiger partial charge < -0.3 is 10.5 Å². The number of hydrogen-bond acceptors (Lipinski definition) is 3. The first kappa shape index (κ1) is 9.70. The quantitative estimate of drug-likeness (QED) is 0.721. The van der Waals surface area contributed by atoms with Gasteiger partial charge in [-0.2, -0.15) is 0 Å². The number of carbonyl (C=O) groups excluding carboxylic acids is 1. The molecule has 2 N–H and O–H groups in total. The normalized spacial score (nSPS) is 15.6. The van der Waals surface area contributed by atoms with E-state index in [4.69, 9.17) is 5.73 Å². The van der Waals surface area contributed by atoms with Crippen LogP contribution in [-0.4, -0.2) is 19.2 Å². The lowest BCUT2D eigenvalue weighted by Crippen LogP contribution is -2.24. The molecule has 80 valence electrons. The standard InChI is InChI=1S/C9H8F2N2O2/c10-5-3-6(11)8(4-7(5)12)13-1-2-15-9(13)14/h3-4H,1-2,12H2. The maximum atomic E-state index is 13.3. The number of rotatable bonds is 1. The van der Waals surface area contributed by atoms with E-state index < -0.39 is 17.7 Å². The van der Waals surface area contributed by atoms with Crippen LogP contribution in [0, 0.1) is 11.6 Å². The van der Waals surface area contributed by atoms with Crippen molar-refractivity contribution in [1.29, 1.82) is 0 Å². The van der Waals surface area contributed by atoms with Crippen molar-refractivity contribution in [3.8, 4) is 0 Å². The summed E-state index contributed by atoms with van der Waals surface area (Å²) in [5, 5.41) is 0. The lowest BCUT2D eigenvalue weighted by molar-refractivity contribution is 0.181. The summed E-state index contributed by atoms with van der Waals surface area (Å²) in [5.41, 5.74) is 5.02. The van der Waals surface area contributed by atoms with E-state index in [1.54, 1.807) is 0 Å². The van der Waals surface area contributed by atoms with Gasteiger partial charge >= 0.3 is 6.09 Å². The highest BCUT2D eigenvalue weighted by atomic mass is 19.1. The molecule has 0 aliphatic carbocycles. The van der Waals surface area contributed by atoms with E-state index in [-0.39, 0.29) is 24.5 Å². The summed E-state index contributed by atoms with van der Waals surface area (Å²) >= 11 is 0.